The number of carbonyl (C=O) groups is 1. The summed E-state index contributed by atoms with van der Waals surface area (Å²) in [6, 6.07) is 8.36. The van der Waals surface area contributed by atoms with Crippen LogP contribution in [0.2, 0.25) is 0 Å². The fourth-order valence-corrected chi connectivity index (χ4v) is 4.12. The van der Waals surface area contributed by atoms with Crippen molar-refractivity contribution in [1.29, 1.82) is 0 Å². The molecule has 2 aliphatic heterocycles. The monoisotopic (exact) mass is 355 g/mol. The van der Waals surface area contributed by atoms with Gasteiger partial charge in [-0.25, -0.2) is 0 Å². The molecule has 1 amide bonds. The number of fused-ring (bicyclic) bond motifs is 1. The van der Waals surface area contributed by atoms with Gasteiger partial charge in [-0.15, -0.1) is 11.3 Å². The van der Waals surface area contributed by atoms with Crippen LogP contribution in [0.15, 0.2) is 48.1 Å². The molecule has 2 aromatic heterocycles. The zero-order chi connectivity index (χ0) is 17.1. The first-order valence-corrected chi connectivity index (χ1v) is 9.42. The van der Waals surface area contributed by atoms with Crippen LogP contribution in [0.3, 0.4) is 0 Å². The summed E-state index contributed by atoms with van der Waals surface area (Å²) >= 11 is 1.63. The molecular weight excluding hydrogens is 334 g/mol. The largest absolute Gasteiger partial charge is 0.373 e. The van der Waals surface area contributed by atoms with Gasteiger partial charge in [0.25, 0.3) is 0 Å². The average molecular weight is 355 g/mol. The van der Waals surface area contributed by atoms with E-state index in [0.717, 1.165) is 31.1 Å². The summed E-state index contributed by atoms with van der Waals surface area (Å²) in [5.41, 5.74) is 1.25. The number of carbonyl (C=O) groups excluding carboxylic acids is 1. The maximum absolute atomic E-state index is 12.5. The predicted molar refractivity (Wildman–Crippen MR) is 98.1 cm³/mol. The van der Waals surface area contributed by atoms with Crippen LogP contribution in [0.1, 0.15) is 10.4 Å². The standard InChI is InChI=1S/C19H21N3O2S/c23-19(4-3-16-2-1-11-25-16)22-13-17-18(14-22)24-10-9-21(17)12-15-5-7-20-8-6-15/h1-8,11,17-18H,9-10,12-14H2/b4-3+. The Hall–Kier alpha value is -2.02. The van der Waals surface area contributed by atoms with Crippen LogP contribution in [-0.4, -0.2) is 59.1 Å². The van der Waals surface area contributed by atoms with E-state index >= 15 is 0 Å². The third kappa shape index (κ3) is 3.81. The van der Waals surface area contributed by atoms with Crippen molar-refractivity contribution in [3.05, 3.63) is 58.6 Å². The zero-order valence-corrected chi connectivity index (χ0v) is 14.8. The summed E-state index contributed by atoms with van der Waals surface area (Å²) in [6.45, 7) is 3.89. The van der Waals surface area contributed by atoms with Gasteiger partial charge in [-0.1, -0.05) is 6.07 Å². The van der Waals surface area contributed by atoms with E-state index < -0.39 is 0 Å². The minimum atomic E-state index is 0.0651. The molecule has 0 aliphatic carbocycles. The predicted octanol–water partition coefficient (Wildman–Crippen LogP) is 2.27. The maximum atomic E-state index is 12.5. The normalized spacial score (nSPS) is 23.9. The molecule has 0 saturated carbocycles. The number of aromatic nitrogens is 1. The number of thiophene rings is 1. The molecule has 130 valence electrons. The molecule has 2 fully saturated rings. The second-order valence-electron chi connectivity index (χ2n) is 6.39. The van der Waals surface area contributed by atoms with Crippen LogP contribution >= 0.6 is 11.3 Å². The van der Waals surface area contributed by atoms with Crippen LogP contribution in [-0.2, 0) is 16.1 Å². The fourth-order valence-electron chi connectivity index (χ4n) is 3.50. The Balaban J connectivity index is 1.41. The molecule has 2 saturated heterocycles. The molecule has 5 nitrogen and oxygen atoms in total. The highest BCUT2D eigenvalue weighted by molar-refractivity contribution is 7.10. The number of amides is 1. The molecule has 2 aliphatic rings. The van der Waals surface area contributed by atoms with Crippen molar-refractivity contribution in [1.82, 2.24) is 14.8 Å². The molecule has 2 atom stereocenters. The number of pyridine rings is 1. The highest BCUT2D eigenvalue weighted by Crippen LogP contribution is 2.25. The summed E-state index contributed by atoms with van der Waals surface area (Å²) in [6.07, 6.45) is 7.33. The first kappa shape index (κ1) is 16.4. The molecule has 4 heterocycles. The van der Waals surface area contributed by atoms with E-state index in [2.05, 4.69) is 9.88 Å². The highest BCUT2D eigenvalue weighted by atomic mass is 32.1. The smallest absolute Gasteiger partial charge is 0.246 e. The van der Waals surface area contributed by atoms with Crippen LogP contribution in [0, 0.1) is 0 Å². The van der Waals surface area contributed by atoms with Crippen molar-refractivity contribution in [2.45, 2.75) is 18.7 Å². The Bertz CT molecular complexity index is 732. The molecule has 4 rings (SSSR count). The lowest BCUT2D eigenvalue weighted by molar-refractivity contribution is -0.125. The van der Waals surface area contributed by atoms with Crippen LogP contribution in [0.5, 0.6) is 0 Å². The molecule has 2 aromatic rings. The Morgan fingerprint density at radius 3 is 3.00 bits per heavy atom. The average Bonchev–Trinajstić information content (AvgIpc) is 3.30. The lowest BCUT2D eigenvalue weighted by atomic mass is 10.1. The number of hydrogen-bond acceptors (Lipinski definition) is 5. The van der Waals surface area contributed by atoms with Gasteiger partial charge in [0.2, 0.25) is 5.91 Å². The first-order chi connectivity index (χ1) is 12.3. The number of hydrogen-bond donors (Lipinski definition) is 0. The molecule has 0 N–H and O–H groups in total. The zero-order valence-electron chi connectivity index (χ0n) is 14.0. The molecule has 0 radical (unpaired) electrons. The van der Waals surface area contributed by atoms with Crippen molar-refractivity contribution in [3.63, 3.8) is 0 Å². The molecule has 6 heteroatoms. The van der Waals surface area contributed by atoms with E-state index in [1.54, 1.807) is 17.4 Å². The number of morpholine rings is 1. The lowest BCUT2D eigenvalue weighted by Gasteiger charge is -2.36. The highest BCUT2D eigenvalue weighted by Gasteiger charge is 2.41. The van der Waals surface area contributed by atoms with E-state index in [1.807, 2.05) is 53.0 Å². The van der Waals surface area contributed by atoms with Crippen molar-refractivity contribution in [3.8, 4) is 0 Å². The Morgan fingerprint density at radius 1 is 1.32 bits per heavy atom. The van der Waals surface area contributed by atoms with Gasteiger partial charge in [0, 0.05) is 49.5 Å². The van der Waals surface area contributed by atoms with Crippen molar-refractivity contribution < 1.29 is 9.53 Å². The summed E-state index contributed by atoms with van der Waals surface area (Å²) in [5, 5.41) is 2.01. The van der Waals surface area contributed by atoms with Gasteiger partial charge in [0.1, 0.15) is 0 Å². The third-order valence-electron chi connectivity index (χ3n) is 4.80. The van der Waals surface area contributed by atoms with Gasteiger partial charge in [0.05, 0.1) is 18.8 Å². The second-order valence-corrected chi connectivity index (χ2v) is 7.37. The van der Waals surface area contributed by atoms with Crippen LogP contribution in [0.25, 0.3) is 6.08 Å². The van der Waals surface area contributed by atoms with Crippen molar-refractivity contribution >= 4 is 23.3 Å². The number of likely N-dealkylation sites (tertiary alicyclic amines) is 1. The van der Waals surface area contributed by atoms with Crippen molar-refractivity contribution in [2.75, 3.05) is 26.2 Å². The molecule has 2 unspecified atom stereocenters. The van der Waals surface area contributed by atoms with E-state index in [-0.39, 0.29) is 18.1 Å². The Labute approximate surface area is 151 Å². The van der Waals surface area contributed by atoms with Gasteiger partial charge in [-0.2, -0.15) is 0 Å². The third-order valence-corrected chi connectivity index (χ3v) is 5.63. The van der Waals surface area contributed by atoms with E-state index in [0.29, 0.717) is 6.54 Å². The summed E-state index contributed by atoms with van der Waals surface area (Å²) in [4.78, 5) is 22.0. The molecule has 0 aromatic carbocycles. The molecule has 0 bridgehead atoms. The van der Waals surface area contributed by atoms with Crippen LogP contribution < -0.4 is 0 Å². The fraction of sp³-hybridized carbons (Fsp3) is 0.368. The van der Waals surface area contributed by atoms with Crippen LogP contribution in [0.4, 0.5) is 0 Å². The van der Waals surface area contributed by atoms with E-state index in [9.17, 15) is 4.79 Å². The number of nitrogens with zero attached hydrogens (tertiary/aromatic N) is 3. The summed E-state index contributed by atoms with van der Waals surface area (Å²) < 4.78 is 5.93. The lowest BCUT2D eigenvalue weighted by Crippen LogP contribution is -2.50. The second kappa shape index (κ2) is 7.47. The van der Waals surface area contributed by atoms with Crippen molar-refractivity contribution in [2.24, 2.45) is 0 Å². The van der Waals surface area contributed by atoms with E-state index in [1.165, 1.54) is 5.56 Å². The molecule has 25 heavy (non-hydrogen) atoms. The number of rotatable bonds is 4. The first-order valence-electron chi connectivity index (χ1n) is 8.54. The Morgan fingerprint density at radius 2 is 2.20 bits per heavy atom. The van der Waals surface area contributed by atoms with Gasteiger partial charge >= 0.3 is 0 Å². The topological polar surface area (TPSA) is 45.7 Å². The molecular formula is C19H21N3O2S. The minimum Gasteiger partial charge on any atom is -0.373 e. The SMILES string of the molecule is O=C(/C=C/c1cccs1)N1CC2OCCN(Cc3ccncc3)C2C1. The maximum Gasteiger partial charge on any atom is 0.246 e. The minimum absolute atomic E-state index is 0.0651. The van der Waals surface area contributed by atoms with E-state index in [4.69, 9.17) is 4.74 Å². The quantitative estimate of drug-likeness (QED) is 0.790. The van der Waals surface area contributed by atoms with Gasteiger partial charge in [-0.05, 0) is 35.2 Å². The number of ether oxygens (including phenoxy) is 1. The summed E-state index contributed by atoms with van der Waals surface area (Å²) in [7, 11) is 0. The summed E-state index contributed by atoms with van der Waals surface area (Å²) in [5.74, 6) is 0.0651. The van der Waals surface area contributed by atoms with Gasteiger partial charge in [-0.3, -0.25) is 14.7 Å². The Kier molecular flexibility index (Phi) is 4.92. The van der Waals surface area contributed by atoms with Gasteiger partial charge < -0.3 is 9.64 Å². The molecule has 0 spiro atoms. The van der Waals surface area contributed by atoms with Gasteiger partial charge in [0.15, 0.2) is 0 Å².